The van der Waals surface area contributed by atoms with Crippen molar-refractivity contribution in [2.75, 3.05) is 6.61 Å². The minimum absolute atomic E-state index is 0.730. The largest absolute Gasteiger partial charge is 0.493 e. The highest BCUT2D eigenvalue weighted by Gasteiger charge is 2.21. The van der Waals surface area contributed by atoms with Crippen LogP contribution in [0.4, 0.5) is 0 Å². The number of hydrogen-bond donors (Lipinski definition) is 1. The standard InChI is InChI=1S/C14H20BrNO/c1-3-6-17-14-10(2)7-12(15)8-11(14)9-16-13-4-5-13/h7-8,13,16H,3-6,9H2,1-2H3. The molecule has 1 aliphatic carbocycles. The van der Waals surface area contributed by atoms with Crippen molar-refractivity contribution in [1.82, 2.24) is 5.32 Å². The monoisotopic (exact) mass is 297 g/mol. The number of aryl methyl sites for hydroxylation is 1. The molecule has 1 saturated carbocycles. The van der Waals surface area contributed by atoms with Gasteiger partial charge >= 0.3 is 0 Å². The molecule has 17 heavy (non-hydrogen) atoms. The third kappa shape index (κ3) is 3.71. The number of benzene rings is 1. The minimum atomic E-state index is 0.730. The number of rotatable bonds is 6. The van der Waals surface area contributed by atoms with E-state index in [0.717, 1.165) is 35.8 Å². The summed E-state index contributed by atoms with van der Waals surface area (Å²) in [6.07, 6.45) is 3.68. The van der Waals surface area contributed by atoms with E-state index in [1.54, 1.807) is 0 Å². The Hall–Kier alpha value is -0.540. The Morgan fingerprint density at radius 3 is 2.82 bits per heavy atom. The van der Waals surface area contributed by atoms with E-state index >= 15 is 0 Å². The molecule has 1 aliphatic rings. The molecule has 0 amide bonds. The van der Waals surface area contributed by atoms with Gasteiger partial charge in [-0.15, -0.1) is 0 Å². The lowest BCUT2D eigenvalue weighted by molar-refractivity contribution is 0.311. The average Bonchev–Trinajstić information content (AvgIpc) is 3.08. The van der Waals surface area contributed by atoms with Gasteiger partial charge in [-0.25, -0.2) is 0 Å². The van der Waals surface area contributed by atoms with Gasteiger partial charge in [0.2, 0.25) is 0 Å². The molecular formula is C14H20BrNO. The molecule has 0 bridgehead atoms. The van der Waals surface area contributed by atoms with E-state index in [-0.39, 0.29) is 0 Å². The van der Waals surface area contributed by atoms with Crippen LogP contribution in [0.1, 0.15) is 37.3 Å². The van der Waals surface area contributed by atoms with Crippen molar-refractivity contribution in [3.8, 4) is 5.75 Å². The van der Waals surface area contributed by atoms with E-state index in [0.29, 0.717) is 0 Å². The Bertz CT molecular complexity index is 388. The fourth-order valence-corrected chi connectivity index (χ4v) is 2.50. The summed E-state index contributed by atoms with van der Waals surface area (Å²) in [5.74, 6) is 1.06. The Labute approximate surface area is 112 Å². The predicted molar refractivity (Wildman–Crippen MR) is 74.5 cm³/mol. The molecule has 0 radical (unpaired) electrons. The van der Waals surface area contributed by atoms with E-state index in [9.17, 15) is 0 Å². The van der Waals surface area contributed by atoms with Crippen LogP contribution in [0.5, 0.6) is 5.75 Å². The molecule has 2 rings (SSSR count). The maximum atomic E-state index is 5.86. The van der Waals surface area contributed by atoms with Gasteiger partial charge in [0.25, 0.3) is 0 Å². The van der Waals surface area contributed by atoms with E-state index < -0.39 is 0 Å². The molecule has 0 spiro atoms. The second-order valence-electron chi connectivity index (χ2n) is 4.71. The lowest BCUT2D eigenvalue weighted by Gasteiger charge is -2.15. The predicted octanol–water partition coefficient (Wildman–Crippen LogP) is 3.80. The molecule has 0 unspecified atom stereocenters. The van der Waals surface area contributed by atoms with Crippen LogP contribution in [0.3, 0.4) is 0 Å². The number of ether oxygens (including phenoxy) is 1. The molecular weight excluding hydrogens is 278 g/mol. The zero-order chi connectivity index (χ0) is 12.3. The van der Waals surface area contributed by atoms with Gasteiger partial charge in [-0.05, 0) is 43.9 Å². The van der Waals surface area contributed by atoms with Crippen LogP contribution in [0.25, 0.3) is 0 Å². The van der Waals surface area contributed by atoms with Crippen LogP contribution in [0.15, 0.2) is 16.6 Å². The normalized spacial score (nSPS) is 15.0. The quantitative estimate of drug-likeness (QED) is 0.862. The summed E-state index contributed by atoms with van der Waals surface area (Å²) in [5.41, 5.74) is 2.47. The average molecular weight is 298 g/mol. The zero-order valence-electron chi connectivity index (χ0n) is 10.6. The van der Waals surface area contributed by atoms with Crippen LogP contribution in [-0.2, 0) is 6.54 Å². The van der Waals surface area contributed by atoms with Gasteiger partial charge < -0.3 is 10.1 Å². The third-order valence-corrected chi connectivity index (χ3v) is 3.38. The first-order chi connectivity index (χ1) is 8.20. The highest BCUT2D eigenvalue weighted by Crippen LogP contribution is 2.29. The lowest BCUT2D eigenvalue weighted by Crippen LogP contribution is -2.16. The highest BCUT2D eigenvalue weighted by molar-refractivity contribution is 9.10. The van der Waals surface area contributed by atoms with Gasteiger partial charge in [0.15, 0.2) is 0 Å². The summed E-state index contributed by atoms with van der Waals surface area (Å²) in [7, 11) is 0. The second kappa shape index (κ2) is 5.87. The second-order valence-corrected chi connectivity index (χ2v) is 5.63. The first kappa shape index (κ1) is 12.9. The van der Waals surface area contributed by atoms with Crippen LogP contribution in [-0.4, -0.2) is 12.6 Å². The molecule has 0 atom stereocenters. The Morgan fingerprint density at radius 2 is 2.18 bits per heavy atom. The number of hydrogen-bond acceptors (Lipinski definition) is 2. The summed E-state index contributed by atoms with van der Waals surface area (Å²) < 4.78 is 6.99. The van der Waals surface area contributed by atoms with Crippen molar-refractivity contribution in [3.63, 3.8) is 0 Å². The van der Waals surface area contributed by atoms with Gasteiger partial charge in [-0.1, -0.05) is 22.9 Å². The molecule has 0 aliphatic heterocycles. The van der Waals surface area contributed by atoms with Gasteiger partial charge in [0.05, 0.1) is 6.61 Å². The lowest BCUT2D eigenvalue weighted by atomic mass is 10.1. The fraction of sp³-hybridized carbons (Fsp3) is 0.571. The van der Waals surface area contributed by atoms with Crippen molar-refractivity contribution >= 4 is 15.9 Å². The molecule has 0 heterocycles. The van der Waals surface area contributed by atoms with Crippen molar-refractivity contribution in [2.24, 2.45) is 0 Å². The van der Waals surface area contributed by atoms with Gasteiger partial charge in [0.1, 0.15) is 5.75 Å². The zero-order valence-corrected chi connectivity index (χ0v) is 12.1. The summed E-state index contributed by atoms with van der Waals surface area (Å²) >= 11 is 3.55. The maximum absolute atomic E-state index is 5.86. The van der Waals surface area contributed by atoms with Crippen LogP contribution < -0.4 is 10.1 Å². The van der Waals surface area contributed by atoms with Gasteiger partial charge in [0, 0.05) is 22.6 Å². The third-order valence-electron chi connectivity index (χ3n) is 2.93. The van der Waals surface area contributed by atoms with Crippen molar-refractivity contribution < 1.29 is 4.74 Å². The molecule has 1 aromatic rings. The van der Waals surface area contributed by atoms with E-state index in [2.05, 4.69) is 47.2 Å². The Balaban J connectivity index is 2.12. The first-order valence-electron chi connectivity index (χ1n) is 6.36. The molecule has 1 aromatic carbocycles. The summed E-state index contributed by atoms with van der Waals surface area (Å²) in [4.78, 5) is 0. The molecule has 0 saturated heterocycles. The van der Waals surface area contributed by atoms with Crippen LogP contribution in [0, 0.1) is 6.92 Å². The summed E-state index contributed by atoms with van der Waals surface area (Å²) in [6, 6.07) is 5.01. The first-order valence-corrected chi connectivity index (χ1v) is 7.15. The van der Waals surface area contributed by atoms with Crippen LogP contribution >= 0.6 is 15.9 Å². The maximum Gasteiger partial charge on any atom is 0.126 e. The number of nitrogens with one attached hydrogen (secondary N) is 1. The number of halogens is 1. The Morgan fingerprint density at radius 1 is 1.41 bits per heavy atom. The van der Waals surface area contributed by atoms with Crippen molar-refractivity contribution in [3.05, 3.63) is 27.7 Å². The molecule has 2 nitrogen and oxygen atoms in total. The topological polar surface area (TPSA) is 21.3 Å². The van der Waals surface area contributed by atoms with E-state index in [4.69, 9.17) is 4.74 Å². The SMILES string of the molecule is CCCOc1c(C)cc(Br)cc1CNC1CC1. The highest BCUT2D eigenvalue weighted by atomic mass is 79.9. The summed E-state index contributed by atoms with van der Waals surface area (Å²) in [6.45, 7) is 5.94. The molecule has 3 heteroatoms. The molecule has 1 fully saturated rings. The molecule has 94 valence electrons. The van der Waals surface area contributed by atoms with Crippen molar-refractivity contribution in [1.29, 1.82) is 0 Å². The fourth-order valence-electron chi connectivity index (χ4n) is 1.88. The molecule has 0 aromatic heterocycles. The van der Waals surface area contributed by atoms with Gasteiger partial charge in [-0.3, -0.25) is 0 Å². The van der Waals surface area contributed by atoms with Gasteiger partial charge in [-0.2, -0.15) is 0 Å². The van der Waals surface area contributed by atoms with E-state index in [1.165, 1.54) is 24.0 Å². The Kier molecular flexibility index (Phi) is 4.46. The summed E-state index contributed by atoms with van der Waals surface area (Å²) in [5, 5.41) is 3.54. The molecule has 1 N–H and O–H groups in total. The van der Waals surface area contributed by atoms with E-state index in [1.807, 2.05) is 0 Å². The minimum Gasteiger partial charge on any atom is -0.493 e. The smallest absolute Gasteiger partial charge is 0.126 e. The van der Waals surface area contributed by atoms with Crippen LogP contribution in [0.2, 0.25) is 0 Å². The van der Waals surface area contributed by atoms with Crippen molar-refractivity contribution in [2.45, 2.75) is 45.7 Å².